The van der Waals surface area contributed by atoms with Gasteiger partial charge in [0.25, 0.3) is 0 Å². The number of carbonyl (C=O) groups is 1. The average Bonchev–Trinajstić information content (AvgIpc) is 2.55. The van der Waals surface area contributed by atoms with E-state index < -0.39 is 0 Å². The van der Waals surface area contributed by atoms with Crippen molar-refractivity contribution >= 4 is 23.4 Å². The quantitative estimate of drug-likeness (QED) is 0.839. The van der Waals surface area contributed by atoms with E-state index in [4.69, 9.17) is 16.3 Å². The van der Waals surface area contributed by atoms with Gasteiger partial charge < -0.3 is 10.1 Å². The number of amides is 2. The van der Waals surface area contributed by atoms with Gasteiger partial charge in [0.1, 0.15) is 11.6 Å². The number of hydrogen-bond donors (Lipinski definition) is 2. The van der Waals surface area contributed by atoms with E-state index in [0.29, 0.717) is 35.5 Å². The second kappa shape index (κ2) is 7.74. The van der Waals surface area contributed by atoms with Gasteiger partial charge in [0.05, 0.1) is 17.7 Å². The minimum Gasteiger partial charge on any atom is -0.492 e. The largest absolute Gasteiger partial charge is 0.492 e. The summed E-state index contributed by atoms with van der Waals surface area (Å²) in [6.45, 7) is 4.80. The number of nitrogens with one attached hydrogen (secondary N) is 2. The van der Waals surface area contributed by atoms with Gasteiger partial charge in [-0.1, -0.05) is 43.6 Å². The Balaban J connectivity index is 1.67. The van der Waals surface area contributed by atoms with Crippen molar-refractivity contribution in [3.8, 4) is 5.75 Å². The summed E-state index contributed by atoms with van der Waals surface area (Å²) in [6, 6.07) is 10.8. The summed E-state index contributed by atoms with van der Waals surface area (Å²) in [4.78, 5) is 16.9. The molecule has 3 rings (SSSR count). The molecule has 1 unspecified atom stereocenters. The van der Waals surface area contributed by atoms with Crippen LogP contribution in [0, 0.1) is 5.92 Å². The first-order chi connectivity index (χ1) is 12.0. The molecule has 1 aliphatic rings. The van der Waals surface area contributed by atoms with E-state index in [9.17, 15) is 4.79 Å². The minimum absolute atomic E-state index is 0.138. The molecule has 1 atom stereocenters. The van der Waals surface area contributed by atoms with E-state index in [2.05, 4.69) is 29.5 Å². The molecule has 0 saturated carbocycles. The third-order valence-electron chi connectivity index (χ3n) is 4.00. The van der Waals surface area contributed by atoms with Gasteiger partial charge in [-0.2, -0.15) is 0 Å². The zero-order chi connectivity index (χ0) is 17.8. The zero-order valence-electron chi connectivity index (χ0n) is 14.4. The van der Waals surface area contributed by atoms with Crippen LogP contribution >= 0.6 is 11.6 Å². The highest BCUT2D eigenvalue weighted by Gasteiger charge is 2.24. The molecule has 5 nitrogen and oxygen atoms in total. The van der Waals surface area contributed by atoms with Crippen LogP contribution in [0.1, 0.15) is 37.6 Å². The summed E-state index contributed by atoms with van der Waals surface area (Å²) >= 11 is 6.17. The molecule has 0 saturated heterocycles. The summed E-state index contributed by atoms with van der Waals surface area (Å²) in [5.74, 6) is 1.71. The summed E-state index contributed by atoms with van der Waals surface area (Å²) in [6.07, 6.45) is 1.57. The van der Waals surface area contributed by atoms with Gasteiger partial charge in [-0.05, 0) is 30.5 Å². The molecule has 2 amide bonds. The van der Waals surface area contributed by atoms with Gasteiger partial charge in [-0.3, -0.25) is 5.32 Å². The molecule has 0 fully saturated rings. The summed E-state index contributed by atoms with van der Waals surface area (Å²) < 4.78 is 5.62. The fourth-order valence-electron chi connectivity index (χ4n) is 2.93. The Morgan fingerprint density at radius 1 is 1.32 bits per heavy atom. The Morgan fingerprint density at radius 3 is 2.92 bits per heavy atom. The lowest BCUT2D eigenvalue weighted by Gasteiger charge is -2.27. The highest BCUT2D eigenvalue weighted by atomic mass is 35.5. The summed E-state index contributed by atoms with van der Waals surface area (Å²) in [7, 11) is 0. The van der Waals surface area contributed by atoms with E-state index >= 15 is 0 Å². The Labute approximate surface area is 152 Å². The Morgan fingerprint density at radius 2 is 2.12 bits per heavy atom. The molecular formula is C19H22ClN3O2. The van der Waals surface area contributed by atoms with E-state index in [1.165, 1.54) is 0 Å². The lowest BCUT2D eigenvalue weighted by Crippen LogP contribution is -2.35. The van der Waals surface area contributed by atoms with E-state index in [0.717, 1.165) is 17.7 Å². The normalized spacial score (nSPS) is 16.1. The third-order valence-corrected chi connectivity index (χ3v) is 4.29. The van der Waals surface area contributed by atoms with Crippen LogP contribution in [0.4, 0.5) is 10.6 Å². The number of benzene rings is 1. The number of ether oxygens (including phenoxy) is 1. The molecule has 2 N–H and O–H groups in total. The SMILES string of the molecule is CC(C)Cc1cccc(NC(=O)NC2CCOc3c(Cl)cccc32)n1. The van der Waals surface area contributed by atoms with Crippen molar-refractivity contribution < 1.29 is 9.53 Å². The number of fused-ring (bicyclic) bond motifs is 1. The van der Waals surface area contributed by atoms with E-state index in [1.54, 1.807) is 12.1 Å². The van der Waals surface area contributed by atoms with Crippen molar-refractivity contribution in [2.45, 2.75) is 32.7 Å². The molecule has 6 heteroatoms. The monoisotopic (exact) mass is 359 g/mol. The second-order valence-corrected chi connectivity index (χ2v) is 6.97. The van der Waals surface area contributed by atoms with Crippen molar-refractivity contribution in [1.29, 1.82) is 0 Å². The molecule has 25 heavy (non-hydrogen) atoms. The highest BCUT2D eigenvalue weighted by molar-refractivity contribution is 6.32. The first kappa shape index (κ1) is 17.5. The topological polar surface area (TPSA) is 63.2 Å². The molecule has 0 aliphatic carbocycles. The van der Waals surface area contributed by atoms with Crippen LogP contribution in [0.5, 0.6) is 5.75 Å². The molecule has 1 aliphatic heterocycles. The van der Waals surface area contributed by atoms with Crippen molar-refractivity contribution in [2.75, 3.05) is 11.9 Å². The molecule has 0 spiro atoms. The lowest BCUT2D eigenvalue weighted by atomic mass is 10.0. The number of para-hydroxylation sites is 1. The number of carbonyl (C=O) groups excluding carboxylic acids is 1. The molecule has 1 aromatic heterocycles. The predicted molar refractivity (Wildman–Crippen MR) is 99.2 cm³/mol. The minimum atomic E-state index is -0.285. The smallest absolute Gasteiger partial charge is 0.320 e. The number of aromatic nitrogens is 1. The number of nitrogens with zero attached hydrogens (tertiary/aromatic N) is 1. The predicted octanol–water partition coefficient (Wildman–Crippen LogP) is 4.58. The molecular weight excluding hydrogens is 338 g/mol. The van der Waals surface area contributed by atoms with Crippen LogP contribution in [0.3, 0.4) is 0 Å². The van der Waals surface area contributed by atoms with Crippen LogP contribution in [0.2, 0.25) is 5.02 Å². The fourth-order valence-corrected chi connectivity index (χ4v) is 3.16. The fraction of sp³-hybridized carbons (Fsp3) is 0.368. The lowest BCUT2D eigenvalue weighted by molar-refractivity contribution is 0.232. The maximum atomic E-state index is 12.4. The maximum absolute atomic E-state index is 12.4. The van der Waals surface area contributed by atoms with E-state index in [-0.39, 0.29) is 12.1 Å². The number of hydrogen-bond acceptors (Lipinski definition) is 3. The van der Waals surface area contributed by atoms with Crippen LogP contribution in [-0.2, 0) is 6.42 Å². The zero-order valence-corrected chi connectivity index (χ0v) is 15.1. The van der Waals surface area contributed by atoms with Gasteiger partial charge in [0, 0.05) is 17.7 Å². The van der Waals surface area contributed by atoms with Crippen molar-refractivity contribution in [3.63, 3.8) is 0 Å². The Hall–Kier alpha value is -2.27. The van der Waals surface area contributed by atoms with Crippen LogP contribution < -0.4 is 15.4 Å². The molecule has 0 bridgehead atoms. The maximum Gasteiger partial charge on any atom is 0.320 e. The van der Waals surface area contributed by atoms with E-state index in [1.807, 2.05) is 24.3 Å². The van der Waals surface area contributed by atoms with Crippen molar-refractivity contribution in [3.05, 3.63) is 52.7 Å². The van der Waals surface area contributed by atoms with Gasteiger partial charge in [-0.15, -0.1) is 0 Å². The standard InChI is InChI=1S/C19H22ClN3O2/c1-12(2)11-13-5-3-8-17(21-13)23-19(24)22-16-9-10-25-18-14(16)6-4-7-15(18)20/h3-8,12,16H,9-11H2,1-2H3,(H2,21,22,23,24). The number of rotatable bonds is 4. The van der Waals surface area contributed by atoms with Crippen LogP contribution in [0.25, 0.3) is 0 Å². The third kappa shape index (κ3) is 4.42. The highest BCUT2D eigenvalue weighted by Crippen LogP contribution is 2.37. The molecule has 132 valence electrons. The van der Waals surface area contributed by atoms with Gasteiger partial charge >= 0.3 is 6.03 Å². The first-order valence-corrected chi connectivity index (χ1v) is 8.85. The molecule has 0 radical (unpaired) electrons. The number of pyridine rings is 1. The molecule has 2 aromatic rings. The number of urea groups is 1. The number of anilines is 1. The van der Waals surface area contributed by atoms with Crippen LogP contribution in [0.15, 0.2) is 36.4 Å². The Kier molecular flexibility index (Phi) is 5.43. The molecule has 1 aromatic carbocycles. The van der Waals surface area contributed by atoms with Gasteiger partial charge in [0.15, 0.2) is 0 Å². The summed E-state index contributed by atoms with van der Waals surface area (Å²) in [5, 5.41) is 6.36. The first-order valence-electron chi connectivity index (χ1n) is 8.47. The molecule has 2 heterocycles. The Bertz CT molecular complexity index is 764. The second-order valence-electron chi connectivity index (χ2n) is 6.56. The summed E-state index contributed by atoms with van der Waals surface area (Å²) in [5.41, 5.74) is 1.87. The van der Waals surface area contributed by atoms with Gasteiger partial charge in [0.2, 0.25) is 0 Å². The van der Waals surface area contributed by atoms with Gasteiger partial charge in [-0.25, -0.2) is 9.78 Å². The number of halogens is 1. The van der Waals surface area contributed by atoms with Crippen molar-refractivity contribution in [2.24, 2.45) is 5.92 Å². The average molecular weight is 360 g/mol. The van der Waals surface area contributed by atoms with Crippen molar-refractivity contribution in [1.82, 2.24) is 10.3 Å². The van der Waals surface area contributed by atoms with Crippen LogP contribution in [-0.4, -0.2) is 17.6 Å².